The van der Waals surface area contributed by atoms with E-state index in [4.69, 9.17) is 0 Å². The minimum Gasteiger partial charge on any atom is -0.0796 e. The lowest BCUT2D eigenvalue weighted by atomic mass is 9.61. The summed E-state index contributed by atoms with van der Waals surface area (Å²) in [5.41, 5.74) is 5.32. The molecule has 0 nitrogen and oxygen atoms in total. The second-order valence-electron chi connectivity index (χ2n) is 8.05. The lowest BCUT2D eigenvalue weighted by molar-refractivity contribution is 0.126. The highest BCUT2D eigenvalue weighted by molar-refractivity contribution is 5.26. The van der Waals surface area contributed by atoms with Crippen LogP contribution in [0.4, 0.5) is 0 Å². The van der Waals surface area contributed by atoms with Crippen LogP contribution in [0.1, 0.15) is 61.8 Å². The molecule has 0 fully saturated rings. The van der Waals surface area contributed by atoms with Gasteiger partial charge in [0.15, 0.2) is 0 Å². The average Bonchev–Trinajstić information content (AvgIpc) is 2.49. The van der Waals surface area contributed by atoms with E-state index in [0.29, 0.717) is 5.41 Å². The lowest BCUT2D eigenvalue weighted by Gasteiger charge is -2.44. The van der Waals surface area contributed by atoms with Crippen molar-refractivity contribution in [2.75, 3.05) is 0 Å². The third-order valence-electron chi connectivity index (χ3n) is 6.38. The van der Waals surface area contributed by atoms with Crippen LogP contribution in [-0.2, 0) is 0 Å². The smallest absolute Gasteiger partial charge is 0.0169 e. The highest BCUT2D eigenvalue weighted by Gasteiger charge is 2.44. The molecule has 19 heavy (non-hydrogen) atoms. The maximum Gasteiger partial charge on any atom is -0.0169 e. The molecule has 0 aliphatic heterocycles. The van der Waals surface area contributed by atoms with Crippen molar-refractivity contribution in [3.63, 3.8) is 0 Å². The third kappa shape index (κ3) is 2.43. The Bertz CT molecular complexity index is 403. The van der Waals surface area contributed by atoms with Gasteiger partial charge in [0.25, 0.3) is 0 Å². The summed E-state index contributed by atoms with van der Waals surface area (Å²) in [4.78, 5) is 0. The summed E-state index contributed by atoms with van der Waals surface area (Å²) in [5.74, 6) is 3.98. The van der Waals surface area contributed by atoms with Crippen molar-refractivity contribution in [3.05, 3.63) is 22.8 Å². The zero-order chi connectivity index (χ0) is 14.5. The second-order valence-corrected chi connectivity index (χ2v) is 8.05. The van der Waals surface area contributed by atoms with E-state index >= 15 is 0 Å². The summed E-state index contributed by atoms with van der Waals surface area (Å²) in [7, 11) is 0. The summed E-state index contributed by atoms with van der Waals surface area (Å²) in [5, 5.41) is 0. The molecule has 0 radical (unpaired) electrons. The van der Waals surface area contributed by atoms with E-state index in [-0.39, 0.29) is 0 Å². The van der Waals surface area contributed by atoms with E-state index in [9.17, 15) is 0 Å². The molecule has 0 amide bonds. The largest absolute Gasteiger partial charge is 0.0796 e. The van der Waals surface area contributed by atoms with Gasteiger partial charge in [0, 0.05) is 0 Å². The summed E-state index contributed by atoms with van der Waals surface area (Å²) < 4.78 is 0. The predicted octanol–water partition coefficient (Wildman–Crippen LogP) is 5.85. The van der Waals surface area contributed by atoms with Gasteiger partial charge in [-0.25, -0.2) is 0 Å². The van der Waals surface area contributed by atoms with Crippen LogP contribution in [0.3, 0.4) is 0 Å². The molecule has 4 unspecified atom stereocenters. The molecule has 0 aromatic carbocycles. The average molecular weight is 260 g/mol. The van der Waals surface area contributed by atoms with E-state index in [1.807, 2.05) is 0 Å². The fourth-order valence-corrected chi connectivity index (χ4v) is 4.87. The second kappa shape index (κ2) is 4.79. The van der Waals surface area contributed by atoms with Gasteiger partial charge in [-0.3, -0.25) is 0 Å². The van der Waals surface area contributed by atoms with Crippen molar-refractivity contribution in [2.24, 2.45) is 35.0 Å². The molecule has 0 bridgehead atoms. The minimum atomic E-state index is 0.380. The van der Waals surface area contributed by atoms with Gasteiger partial charge < -0.3 is 0 Å². The number of rotatable bonds is 1. The van der Waals surface area contributed by atoms with Crippen molar-refractivity contribution >= 4 is 0 Å². The highest BCUT2D eigenvalue weighted by atomic mass is 14.5. The zero-order valence-corrected chi connectivity index (χ0v) is 14.2. The molecule has 2 aliphatic carbocycles. The first-order valence-electron chi connectivity index (χ1n) is 8.02. The quantitative estimate of drug-likeness (QED) is 0.518. The van der Waals surface area contributed by atoms with Gasteiger partial charge in [0.1, 0.15) is 0 Å². The highest BCUT2D eigenvalue weighted by Crippen LogP contribution is 2.53. The van der Waals surface area contributed by atoms with Crippen LogP contribution < -0.4 is 0 Å². The zero-order valence-electron chi connectivity index (χ0n) is 14.2. The molecule has 0 N–H and O–H groups in total. The van der Waals surface area contributed by atoms with E-state index in [1.165, 1.54) is 6.42 Å². The Morgan fingerprint density at radius 2 is 1.37 bits per heavy atom. The lowest BCUT2D eigenvalue weighted by Crippen LogP contribution is -2.36. The Labute approximate surface area is 120 Å². The summed E-state index contributed by atoms with van der Waals surface area (Å²) in [6.45, 7) is 19.3. The van der Waals surface area contributed by atoms with Crippen LogP contribution in [0.2, 0.25) is 0 Å². The third-order valence-corrected chi connectivity index (χ3v) is 6.38. The molecule has 0 spiro atoms. The van der Waals surface area contributed by atoms with Crippen molar-refractivity contribution in [1.29, 1.82) is 0 Å². The SMILES string of the molecule is CC1=CC(C)(C)CC(C2C(C)C(C)=C(C)C2C)C1C. The molecule has 4 atom stereocenters. The van der Waals surface area contributed by atoms with Gasteiger partial charge in [-0.15, -0.1) is 0 Å². The normalized spacial score (nSPS) is 42.5. The number of hydrogen-bond donors (Lipinski definition) is 0. The minimum absolute atomic E-state index is 0.380. The Kier molecular flexibility index (Phi) is 3.75. The van der Waals surface area contributed by atoms with Crippen LogP contribution in [-0.4, -0.2) is 0 Å². The molecule has 2 rings (SSSR count). The van der Waals surface area contributed by atoms with Gasteiger partial charge in [0.2, 0.25) is 0 Å². The van der Waals surface area contributed by atoms with Crippen molar-refractivity contribution < 1.29 is 0 Å². The summed E-state index contributed by atoms with van der Waals surface area (Å²) >= 11 is 0. The van der Waals surface area contributed by atoms with E-state index in [2.05, 4.69) is 61.5 Å². The Morgan fingerprint density at radius 1 is 0.895 bits per heavy atom. The predicted molar refractivity (Wildman–Crippen MR) is 85.0 cm³/mol. The molecule has 108 valence electrons. The fraction of sp³-hybridized carbons (Fsp3) is 0.789. The van der Waals surface area contributed by atoms with E-state index in [0.717, 1.165) is 29.6 Å². The van der Waals surface area contributed by atoms with E-state index < -0.39 is 0 Å². The summed E-state index contributed by atoms with van der Waals surface area (Å²) in [6, 6.07) is 0. The molecule has 0 saturated carbocycles. The molecular weight excluding hydrogens is 228 g/mol. The topological polar surface area (TPSA) is 0 Å². The standard InChI is InChI=1S/C19H32/c1-11-9-19(7,8)10-17(12(11)2)18-15(5)13(3)14(4)16(18)6/h9,12,15-18H,10H2,1-8H3. The molecule has 0 heterocycles. The van der Waals surface area contributed by atoms with Gasteiger partial charge in [-0.1, -0.05) is 57.4 Å². The number of allylic oxidation sites excluding steroid dienone is 4. The first kappa shape index (κ1) is 14.9. The number of hydrogen-bond acceptors (Lipinski definition) is 0. The molecular formula is C19H32. The van der Waals surface area contributed by atoms with Crippen molar-refractivity contribution in [1.82, 2.24) is 0 Å². The Morgan fingerprint density at radius 3 is 1.84 bits per heavy atom. The van der Waals surface area contributed by atoms with E-state index in [1.54, 1.807) is 16.7 Å². The van der Waals surface area contributed by atoms with Crippen LogP contribution in [0, 0.1) is 35.0 Å². The Balaban J connectivity index is 2.31. The molecule has 0 heteroatoms. The fourth-order valence-electron chi connectivity index (χ4n) is 4.87. The molecule has 0 aromatic heterocycles. The molecule has 2 aliphatic rings. The maximum absolute atomic E-state index is 2.52. The van der Waals surface area contributed by atoms with Crippen molar-refractivity contribution in [3.8, 4) is 0 Å². The van der Waals surface area contributed by atoms with Crippen LogP contribution in [0.25, 0.3) is 0 Å². The van der Waals surface area contributed by atoms with Crippen LogP contribution in [0.15, 0.2) is 22.8 Å². The summed E-state index contributed by atoms with van der Waals surface area (Å²) in [6.07, 6.45) is 3.87. The molecule has 0 saturated heterocycles. The van der Waals surface area contributed by atoms with Crippen molar-refractivity contribution in [2.45, 2.75) is 61.8 Å². The monoisotopic (exact) mass is 260 g/mol. The maximum atomic E-state index is 2.52. The van der Waals surface area contributed by atoms with Crippen LogP contribution >= 0.6 is 0 Å². The Hall–Kier alpha value is -0.520. The first-order chi connectivity index (χ1) is 8.65. The van der Waals surface area contributed by atoms with Gasteiger partial charge in [-0.05, 0) is 62.2 Å². The van der Waals surface area contributed by atoms with Gasteiger partial charge >= 0.3 is 0 Å². The molecule has 0 aromatic rings. The van der Waals surface area contributed by atoms with Crippen LogP contribution in [0.5, 0.6) is 0 Å². The van der Waals surface area contributed by atoms with Gasteiger partial charge in [-0.2, -0.15) is 0 Å². The first-order valence-corrected chi connectivity index (χ1v) is 8.02. The van der Waals surface area contributed by atoms with Gasteiger partial charge in [0.05, 0.1) is 0 Å².